The van der Waals surface area contributed by atoms with Crippen molar-refractivity contribution in [2.45, 2.75) is 25.4 Å². The van der Waals surface area contributed by atoms with Gasteiger partial charge in [0.25, 0.3) is 5.89 Å². The molecule has 2 aromatic heterocycles. The molecule has 0 saturated carbocycles. The summed E-state index contributed by atoms with van der Waals surface area (Å²) in [6.07, 6.45) is 3.57. The minimum atomic E-state index is -0.448. The Kier molecular flexibility index (Phi) is 2.42. The van der Waals surface area contributed by atoms with Crippen LogP contribution in [0.15, 0.2) is 16.8 Å². The van der Waals surface area contributed by atoms with Crippen molar-refractivity contribution < 1.29 is 9.26 Å². The van der Waals surface area contributed by atoms with Gasteiger partial charge in [-0.1, -0.05) is 5.16 Å². The number of H-pyrrole nitrogens is 1. The Balaban J connectivity index is 1.92. The van der Waals surface area contributed by atoms with E-state index < -0.39 is 5.60 Å². The molecule has 92 valence electrons. The second-order valence-corrected chi connectivity index (χ2v) is 4.52. The number of aromatic amines is 1. The zero-order valence-electron chi connectivity index (χ0n) is 9.93. The highest BCUT2D eigenvalue weighted by molar-refractivity contribution is 5.54. The first-order valence-electron chi connectivity index (χ1n) is 5.78. The second-order valence-electron chi connectivity index (χ2n) is 4.52. The molecular formula is C12H12N4O2. The lowest BCUT2D eigenvalue weighted by atomic mass is 10.0. The summed E-state index contributed by atoms with van der Waals surface area (Å²) in [6.45, 7) is 2.69. The molecule has 3 rings (SSSR count). The van der Waals surface area contributed by atoms with Gasteiger partial charge in [0.2, 0.25) is 5.82 Å². The number of hydrogen-bond donors (Lipinski definition) is 1. The lowest BCUT2D eigenvalue weighted by Gasteiger charge is -2.17. The van der Waals surface area contributed by atoms with Gasteiger partial charge >= 0.3 is 0 Å². The van der Waals surface area contributed by atoms with E-state index in [0.29, 0.717) is 23.0 Å². The molecule has 1 aliphatic heterocycles. The van der Waals surface area contributed by atoms with Crippen LogP contribution in [0.25, 0.3) is 11.5 Å². The molecule has 1 aliphatic rings. The van der Waals surface area contributed by atoms with Crippen LogP contribution in [0, 0.1) is 11.3 Å². The number of nitriles is 1. The number of nitrogens with one attached hydrogen (secondary N) is 1. The minimum Gasteiger partial charge on any atom is -0.367 e. The van der Waals surface area contributed by atoms with Gasteiger partial charge in [0.15, 0.2) is 0 Å². The lowest BCUT2D eigenvalue weighted by molar-refractivity contribution is 0.00768. The molecule has 6 heteroatoms. The van der Waals surface area contributed by atoms with E-state index in [-0.39, 0.29) is 0 Å². The quantitative estimate of drug-likeness (QED) is 0.872. The van der Waals surface area contributed by atoms with Crippen molar-refractivity contribution in [3.8, 4) is 17.5 Å². The van der Waals surface area contributed by atoms with Gasteiger partial charge in [0.05, 0.1) is 5.56 Å². The predicted octanol–water partition coefficient (Wildman–Crippen LogP) is 1.96. The van der Waals surface area contributed by atoms with Crippen LogP contribution in [0.4, 0.5) is 0 Å². The summed E-state index contributed by atoms with van der Waals surface area (Å²) in [4.78, 5) is 7.17. The van der Waals surface area contributed by atoms with Crippen LogP contribution in [0.2, 0.25) is 0 Å². The SMILES string of the molecule is CC1(c2noc(-c3c[nH]c(C#N)c3)n2)CCCO1. The highest BCUT2D eigenvalue weighted by Crippen LogP contribution is 2.34. The molecule has 6 nitrogen and oxygen atoms in total. The van der Waals surface area contributed by atoms with Crippen molar-refractivity contribution >= 4 is 0 Å². The molecule has 0 aliphatic carbocycles. The molecule has 2 aromatic rings. The summed E-state index contributed by atoms with van der Waals surface area (Å²) in [5.74, 6) is 0.967. The lowest BCUT2D eigenvalue weighted by Crippen LogP contribution is -2.21. The molecule has 18 heavy (non-hydrogen) atoms. The molecule has 1 fully saturated rings. The normalized spacial score (nSPS) is 23.1. The van der Waals surface area contributed by atoms with E-state index in [0.717, 1.165) is 19.4 Å². The average Bonchev–Trinajstić information content (AvgIpc) is 3.08. The topological polar surface area (TPSA) is 87.7 Å². The molecule has 1 unspecified atom stereocenters. The fourth-order valence-electron chi connectivity index (χ4n) is 2.09. The van der Waals surface area contributed by atoms with Crippen LogP contribution in [0.1, 0.15) is 31.3 Å². The minimum absolute atomic E-state index is 0.402. The molecule has 0 radical (unpaired) electrons. The van der Waals surface area contributed by atoms with Gasteiger partial charge in [-0.05, 0) is 25.8 Å². The van der Waals surface area contributed by atoms with Crippen molar-refractivity contribution in [1.29, 1.82) is 5.26 Å². The van der Waals surface area contributed by atoms with E-state index >= 15 is 0 Å². The molecule has 1 atom stereocenters. The Morgan fingerprint density at radius 3 is 3.11 bits per heavy atom. The molecular weight excluding hydrogens is 232 g/mol. The first kappa shape index (κ1) is 11.0. The number of hydrogen-bond acceptors (Lipinski definition) is 5. The molecule has 1 N–H and O–H groups in total. The van der Waals surface area contributed by atoms with Crippen molar-refractivity contribution in [2.75, 3.05) is 6.61 Å². The van der Waals surface area contributed by atoms with Crippen LogP contribution in [0.5, 0.6) is 0 Å². The van der Waals surface area contributed by atoms with Crippen LogP contribution in [-0.4, -0.2) is 21.7 Å². The van der Waals surface area contributed by atoms with Gasteiger partial charge in [-0.15, -0.1) is 0 Å². The maximum atomic E-state index is 8.75. The summed E-state index contributed by atoms with van der Waals surface area (Å²) < 4.78 is 10.9. The average molecular weight is 244 g/mol. The Morgan fingerprint density at radius 2 is 2.44 bits per heavy atom. The van der Waals surface area contributed by atoms with Crippen molar-refractivity contribution in [3.63, 3.8) is 0 Å². The molecule has 0 aromatic carbocycles. The first-order valence-corrected chi connectivity index (χ1v) is 5.78. The van der Waals surface area contributed by atoms with Crippen LogP contribution in [0.3, 0.4) is 0 Å². The van der Waals surface area contributed by atoms with E-state index in [2.05, 4.69) is 15.1 Å². The van der Waals surface area contributed by atoms with Gasteiger partial charge in [-0.3, -0.25) is 0 Å². The Hall–Kier alpha value is -2.13. The highest BCUT2D eigenvalue weighted by Gasteiger charge is 2.36. The molecule has 1 saturated heterocycles. The smallest absolute Gasteiger partial charge is 0.259 e. The van der Waals surface area contributed by atoms with E-state index in [4.69, 9.17) is 14.5 Å². The first-order chi connectivity index (χ1) is 8.71. The third kappa shape index (κ3) is 1.69. The van der Waals surface area contributed by atoms with Gasteiger partial charge < -0.3 is 14.2 Å². The Labute approximate surface area is 104 Å². The summed E-state index contributed by atoms with van der Waals surface area (Å²) in [6, 6.07) is 3.69. The predicted molar refractivity (Wildman–Crippen MR) is 61.3 cm³/mol. The summed E-state index contributed by atoms with van der Waals surface area (Å²) >= 11 is 0. The molecule has 0 spiro atoms. The van der Waals surface area contributed by atoms with Crippen LogP contribution in [-0.2, 0) is 10.3 Å². The monoisotopic (exact) mass is 244 g/mol. The van der Waals surface area contributed by atoms with Crippen molar-refractivity contribution in [2.24, 2.45) is 0 Å². The standard InChI is InChI=1S/C12H12N4O2/c1-12(3-2-4-17-12)11-15-10(18-16-11)8-5-9(6-13)14-7-8/h5,7,14H,2-4H2,1H3. The number of aromatic nitrogens is 3. The fourth-order valence-corrected chi connectivity index (χ4v) is 2.09. The maximum Gasteiger partial charge on any atom is 0.259 e. The number of nitrogens with zero attached hydrogens (tertiary/aromatic N) is 3. The van der Waals surface area contributed by atoms with E-state index in [1.807, 2.05) is 13.0 Å². The van der Waals surface area contributed by atoms with E-state index in [1.54, 1.807) is 12.3 Å². The van der Waals surface area contributed by atoms with Gasteiger partial charge in [-0.25, -0.2) is 0 Å². The summed E-state index contributed by atoms with van der Waals surface area (Å²) in [5.41, 5.74) is 0.732. The third-order valence-electron chi connectivity index (χ3n) is 3.17. The zero-order valence-corrected chi connectivity index (χ0v) is 9.93. The third-order valence-corrected chi connectivity index (χ3v) is 3.17. The largest absolute Gasteiger partial charge is 0.367 e. The Bertz CT molecular complexity index is 602. The second kappa shape index (κ2) is 3.96. The van der Waals surface area contributed by atoms with Crippen molar-refractivity contribution in [3.05, 3.63) is 23.8 Å². The van der Waals surface area contributed by atoms with Crippen molar-refractivity contribution in [1.82, 2.24) is 15.1 Å². The van der Waals surface area contributed by atoms with Crippen LogP contribution >= 0.6 is 0 Å². The number of rotatable bonds is 2. The van der Waals surface area contributed by atoms with Gasteiger partial charge in [0.1, 0.15) is 17.4 Å². The summed E-state index contributed by atoms with van der Waals surface area (Å²) in [5, 5.41) is 12.7. The van der Waals surface area contributed by atoms with Gasteiger partial charge in [-0.2, -0.15) is 10.2 Å². The van der Waals surface area contributed by atoms with E-state index in [9.17, 15) is 0 Å². The summed E-state index contributed by atoms with van der Waals surface area (Å²) in [7, 11) is 0. The molecule has 3 heterocycles. The van der Waals surface area contributed by atoms with Gasteiger partial charge in [0, 0.05) is 12.8 Å². The van der Waals surface area contributed by atoms with E-state index in [1.165, 1.54) is 0 Å². The van der Waals surface area contributed by atoms with Crippen LogP contribution < -0.4 is 0 Å². The maximum absolute atomic E-state index is 8.75. The Morgan fingerprint density at radius 1 is 1.56 bits per heavy atom. The fraction of sp³-hybridized carbons (Fsp3) is 0.417. The molecule has 0 amide bonds. The molecule has 0 bridgehead atoms. The number of ether oxygens (including phenoxy) is 1. The zero-order chi connectivity index (χ0) is 12.6. The highest BCUT2D eigenvalue weighted by atomic mass is 16.5.